The second-order valence-electron chi connectivity index (χ2n) is 6.19. The summed E-state index contributed by atoms with van der Waals surface area (Å²) in [4.78, 5) is 13.6. The van der Waals surface area contributed by atoms with Crippen molar-refractivity contribution in [3.8, 4) is 5.75 Å². The fourth-order valence-corrected chi connectivity index (χ4v) is 2.62. The molecule has 0 fully saturated rings. The lowest BCUT2D eigenvalue weighted by Crippen LogP contribution is -2.44. The van der Waals surface area contributed by atoms with Crippen LogP contribution in [0, 0.1) is 0 Å². The molecular formula is C14H20N2O5S. The normalized spacial score (nSPS) is 18.4. The van der Waals surface area contributed by atoms with Gasteiger partial charge in [0.1, 0.15) is 17.5 Å². The molecule has 1 aliphatic heterocycles. The summed E-state index contributed by atoms with van der Waals surface area (Å²) in [6, 6.07) is 4.15. The summed E-state index contributed by atoms with van der Waals surface area (Å²) in [6.07, 6.45) is -0.796. The minimum absolute atomic E-state index is 0.0852. The van der Waals surface area contributed by atoms with Crippen molar-refractivity contribution < 1.29 is 22.7 Å². The monoisotopic (exact) mass is 328 g/mol. The lowest BCUT2D eigenvalue weighted by atomic mass is 10.2. The summed E-state index contributed by atoms with van der Waals surface area (Å²) < 4.78 is 34.0. The number of primary sulfonamides is 1. The average Bonchev–Trinajstić information content (AvgIpc) is 2.33. The van der Waals surface area contributed by atoms with Crippen molar-refractivity contribution in [3.63, 3.8) is 0 Å². The zero-order valence-corrected chi connectivity index (χ0v) is 13.8. The Bertz CT molecular complexity index is 694. The summed E-state index contributed by atoms with van der Waals surface area (Å²) in [5.74, 6) is 0.414. The molecule has 1 heterocycles. The molecule has 1 atom stereocenters. The maximum Gasteiger partial charge on any atom is 0.415 e. The van der Waals surface area contributed by atoms with Gasteiger partial charge in [0, 0.05) is 0 Å². The number of carbonyl (C=O) groups is 1. The second kappa shape index (κ2) is 5.44. The van der Waals surface area contributed by atoms with E-state index in [2.05, 4.69) is 0 Å². The molecule has 1 aromatic rings. The number of sulfonamides is 1. The Balaban J connectivity index is 2.45. The van der Waals surface area contributed by atoms with E-state index in [0.717, 1.165) is 0 Å². The van der Waals surface area contributed by atoms with Crippen molar-refractivity contribution in [3.05, 3.63) is 18.2 Å². The van der Waals surface area contributed by atoms with Crippen LogP contribution in [-0.4, -0.2) is 32.8 Å². The standard InChI is InChI=1S/C14H20N2O5S/c1-9-8-16(13(17)21-14(2,3)4)11-7-10(22(15,18)19)5-6-12(11)20-9/h5-7,9H,8H2,1-4H3,(H2,15,18,19). The molecule has 7 nitrogen and oxygen atoms in total. The van der Waals surface area contributed by atoms with Crippen LogP contribution in [-0.2, 0) is 14.8 Å². The number of nitrogens with two attached hydrogens (primary N) is 1. The number of hydrogen-bond donors (Lipinski definition) is 1. The molecule has 1 amide bonds. The van der Waals surface area contributed by atoms with E-state index < -0.39 is 21.7 Å². The largest absolute Gasteiger partial charge is 0.487 e. The summed E-state index contributed by atoms with van der Waals surface area (Å²) in [6.45, 7) is 7.35. The third kappa shape index (κ3) is 3.69. The van der Waals surface area contributed by atoms with Gasteiger partial charge in [-0.15, -0.1) is 0 Å². The third-order valence-electron chi connectivity index (χ3n) is 2.93. The first-order valence-electron chi connectivity index (χ1n) is 6.81. The summed E-state index contributed by atoms with van der Waals surface area (Å²) >= 11 is 0. The molecule has 0 saturated carbocycles. The van der Waals surface area contributed by atoms with Crippen LogP contribution >= 0.6 is 0 Å². The molecule has 1 unspecified atom stereocenters. The van der Waals surface area contributed by atoms with Crippen molar-refractivity contribution in [2.24, 2.45) is 5.14 Å². The lowest BCUT2D eigenvalue weighted by Gasteiger charge is -2.34. The van der Waals surface area contributed by atoms with Crippen molar-refractivity contribution >= 4 is 21.8 Å². The minimum Gasteiger partial charge on any atom is -0.487 e. The van der Waals surface area contributed by atoms with E-state index in [4.69, 9.17) is 14.6 Å². The zero-order chi connectivity index (χ0) is 16.7. The molecule has 1 aromatic carbocycles. The van der Waals surface area contributed by atoms with Gasteiger partial charge in [-0.05, 0) is 45.9 Å². The van der Waals surface area contributed by atoms with Gasteiger partial charge in [-0.25, -0.2) is 18.4 Å². The predicted octanol–water partition coefficient (Wildman–Crippen LogP) is 1.86. The Kier molecular flexibility index (Phi) is 4.09. The highest BCUT2D eigenvalue weighted by molar-refractivity contribution is 7.89. The number of benzene rings is 1. The van der Waals surface area contributed by atoms with E-state index in [1.54, 1.807) is 20.8 Å². The molecule has 0 bridgehead atoms. The molecule has 0 radical (unpaired) electrons. The number of rotatable bonds is 1. The Hall–Kier alpha value is -1.80. The Morgan fingerprint density at radius 2 is 2.05 bits per heavy atom. The van der Waals surface area contributed by atoms with Gasteiger partial charge in [-0.3, -0.25) is 4.90 Å². The van der Waals surface area contributed by atoms with Crippen molar-refractivity contribution in [1.29, 1.82) is 0 Å². The number of anilines is 1. The first kappa shape index (κ1) is 16.6. The van der Waals surface area contributed by atoms with Gasteiger partial charge in [-0.2, -0.15) is 0 Å². The first-order valence-corrected chi connectivity index (χ1v) is 8.36. The van der Waals surface area contributed by atoms with Crippen LogP contribution in [0.15, 0.2) is 23.1 Å². The van der Waals surface area contributed by atoms with Crippen molar-refractivity contribution in [2.75, 3.05) is 11.4 Å². The molecule has 22 heavy (non-hydrogen) atoms. The van der Waals surface area contributed by atoms with Gasteiger partial charge in [0.2, 0.25) is 10.0 Å². The Morgan fingerprint density at radius 1 is 1.41 bits per heavy atom. The number of ether oxygens (including phenoxy) is 2. The van der Waals surface area contributed by atoms with Crippen LogP contribution in [0.5, 0.6) is 5.75 Å². The summed E-state index contributed by atoms with van der Waals surface area (Å²) in [5.41, 5.74) is -0.324. The van der Waals surface area contributed by atoms with E-state index in [-0.39, 0.29) is 17.5 Å². The quantitative estimate of drug-likeness (QED) is 0.848. The summed E-state index contributed by atoms with van der Waals surface area (Å²) in [7, 11) is -3.87. The lowest BCUT2D eigenvalue weighted by molar-refractivity contribution is 0.0552. The number of amides is 1. The van der Waals surface area contributed by atoms with Gasteiger partial charge >= 0.3 is 6.09 Å². The molecular weight excluding hydrogens is 308 g/mol. The van der Waals surface area contributed by atoms with E-state index in [0.29, 0.717) is 11.4 Å². The first-order chi connectivity index (χ1) is 9.97. The van der Waals surface area contributed by atoms with Gasteiger partial charge in [0.25, 0.3) is 0 Å². The number of hydrogen-bond acceptors (Lipinski definition) is 5. The van der Waals surface area contributed by atoms with E-state index >= 15 is 0 Å². The Labute approximate surface area is 130 Å². The van der Waals surface area contributed by atoms with Crippen LogP contribution < -0.4 is 14.8 Å². The van der Waals surface area contributed by atoms with Gasteiger partial charge in [0.15, 0.2) is 0 Å². The van der Waals surface area contributed by atoms with E-state index in [1.165, 1.54) is 23.1 Å². The fourth-order valence-electron chi connectivity index (χ4n) is 2.08. The van der Waals surface area contributed by atoms with Crippen LogP contribution in [0.3, 0.4) is 0 Å². The van der Waals surface area contributed by atoms with Gasteiger partial charge in [-0.1, -0.05) is 0 Å². The predicted molar refractivity (Wildman–Crippen MR) is 81.5 cm³/mol. The smallest absolute Gasteiger partial charge is 0.415 e. The highest BCUT2D eigenvalue weighted by atomic mass is 32.2. The number of carbonyl (C=O) groups excluding carboxylic acids is 1. The van der Waals surface area contributed by atoms with E-state index in [9.17, 15) is 13.2 Å². The molecule has 0 spiro atoms. The highest BCUT2D eigenvalue weighted by Gasteiger charge is 2.32. The van der Waals surface area contributed by atoms with Crippen molar-refractivity contribution in [2.45, 2.75) is 44.3 Å². The minimum atomic E-state index is -3.87. The zero-order valence-electron chi connectivity index (χ0n) is 13.0. The number of nitrogens with zero attached hydrogens (tertiary/aromatic N) is 1. The van der Waals surface area contributed by atoms with Gasteiger partial charge < -0.3 is 9.47 Å². The molecule has 2 rings (SSSR count). The highest BCUT2D eigenvalue weighted by Crippen LogP contribution is 2.36. The molecule has 1 aliphatic rings. The Morgan fingerprint density at radius 3 is 2.59 bits per heavy atom. The topological polar surface area (TPSA) is 98.9 Å². The molecule has 8 heteroatoms. The molecule has 0 aliphatic carbocycles. The molecule has 122 valence electrons. The van der Waals surface area contributed by atoms with Crippen molar-refractivity contribution in [1.82, 2.24) is 0 Å². The molecule has 2 N–H and O–H groups in total. The second-order valence-corrected chi connectivity index (χ2v) is 7.76. The SMILES string of the molecule is CC1CN(C(=O)OC(C)(C)C)c2cc(S(N)(=O)=O)ccc2O1. The fraction of sp³-hybridized carbons (Fsp3) is 0.500. The number of fused-ring (bicyclic) bond motifs is 1. The van der Waals surface area contributed by atoms with Crippen LogP contribution in [0.4, 0.5) is 10.5 Å². The van der Waals surface area contributed by atoms with Crippen LogP contribution in [0.1, 0.15) is 27.7 Å². The van der Waals surface area contributed by atoms with Crippen LogP contribution in [0.2, 0.25) is 0 Å². The molecule has 0 aromatic heterocycles. The maximum atomic E-state index is 12.4. The van der Waals surface area contributed by atoms with E-state index in [1.807, 2.05) is 6.92 Å². The van der Waals surface area contributed by atoms with Crippen LogP contribution in [0.25, 0.3) is 0 Å². The summed E-state index contributed by atoms with van der Waals surface area (Å²) in [5, 5.41) is 5.14. The average molecular weight is 328 g/mol. The maximum absolute atomic E-state index is 12.4. The third-order valence-corrected chi connectivity index (χ3v) is 3.84. The van der Waals surface area contributed by atoms with Gasteiger partial charge in [0.05, 0.1) is 17.1 Å². The molecule has 0 saturated heterocycles.